The van der Waals surface area contributed by atoms with Crippen LogP contribution in [0.5, 0.6) is 5.75 Å². The molecule has 0 saturated carbocycles. The predicted molar refractivity (Wildman–Crippen MR) is 129 cm³/mol. The van der Waals surface area contributed by atoms with E-state index in [-0.39, 0.29) is 12.3 Å². The van der Waals surface area contributed by atoms with Crippen molar-refractivity contribution in [1.29, 1.82) is 0 Å². The Labute approximate surface area is 196 Å². The second kappa shape index (κ2) is 10.6. The van der Waals surface area contributed by atoms with Crippen molar-refractivity contribution in [3.63, 3.8) is 0 Å². The molecule has 4 aromatic rings. The molecule has 0 aliphatic heterocycles. The van der Waals surface area contributed by atoms with Crippen molar-refractivity contribution in [3.05, 3.63) is 112 Å². The largest absolute Gasteiger partial charge is 0.489 e. The number of carbonyl (C=O) groups excluding carboxylic acids is 1. The Balaban J connectivity index is 1.31. The van der Waals surface area contributed by atoms with Gasteiger partial charge in [0.25, 0.3) is 5.91 Å². The summed E-state index contributed by atoms with van der Waals surface area (Å²) in [5.41, 5.74) is 4.77. The maximum atomic E-state index is 12.6. The Hall–Kier alpha value is -3.90. The summed E-state index contributed by atoms with van der Waals surface area (Å²) < 4.78 is 5.84. The van der Waals surface area contributed by atoms with Crippen LogP contribution in [0, 0.1) is 0 Å². The lowest BCUT2D eigenvalue weighted by Gasteiger charge is -2.07. The van der Waals surface area contributed by atoms with E-state index in [9.17, 15) is 9.59 Å². The van der Waals surface area contributed by atoms with Gasteiger partial charge >= 0.3 is 5.97 Å². The smallest absolute Gasteiger partial charge is 0.307 e. The standard InChI is InChI=1S/C27H23NO4S/c29-26(30)14-19-6-8-20(9-7-19)16-28-27(31)25-15-23(18-33-25)22-10-12-24(13-11-22)32-17-21-4-2-1-3-5-21/h1-13,15,18H,14,16-17H2,(H,28,31)(H,29,30). The van der Waals surface area contributed by atoms with E-state index < -0.39 is 5.97 Å². The van der Waals surface area contributed by atoms with Crippen molar-refractivity contribution in [1.82, 2.24) is 5.32 Å². The topological polar surface area (TPSA) is 75.6 Å². The summed E-state index contributed by atoms with van der Waals surface area (Å²) in [7, 11) is 0. The van der Waals surface area contributed by atoms with Gasteiger partial charge in [-0.05, 0) is 51.4 Å². The van der Waals surface area contributed by atoms with E-state index in [2.05, 4.69) is 5.32 Å². The number of hydrogen-bond donors (Lipinski definition) is 2. The van der Waals surface area contributed by atoms with Crippen molar-refractivity contribution in [2.45, 2.75) is 19.6 Å². The first-order valence-corrected chi connectivity index (χ1v) is 11.4. The minimum absolute atomic E-state index is 0.00918. The summed E-state index contributed by atoms with van der Waals surface area (Å²) in [5.74, 6) is -0.201. The molecule has 4 rings (SSSR count). The number of thiophene rings is 1. The zero-order chi connectivity index (χ0) is 23.0. The highest BCUT2D eigenvalue weighted by Crippen LogP contribution is 2.27. The van der Waals surface area contributed by atoms with Gasteiger partial charge in [0.2, 0.25) is 0 Å². The van der Waals surface area contributed by atoms with Gasteiger partial charge in [0.05, 0.1) is 11.3 Å². The summed E-state index contributed by atoms with van der Waals surface area (Å²) in [6, 6.07) is 27.0. The highest BCUT2D eigenvalue weighted by Gasteiger charge is 2.10. The van der Waals surface area contributed by atoms with E-state index in [1.807, 2.05) is 78.2 Å². The third-order valence-corrected chi connectivity index (χ3v) is 6.02. The number of carbonyl (C=O) groups is 2. The maximum Gasteiger partial charge on any atom is 0.307 e. The fraction of sp³-hybridized carbons (Fsp3) is 0.111. The average molecular weight is 458 g/mol. The molecule has 33 heavy (non-hydrogen) atoms. The zero-order valence-electron chi connectivity index (χ0n) is 17.9. The van der Waals surface area contributed by atoms with Crippen LogP contribution in [-0.4, -0.2) is 17.0 Å². The lowest BCUT2D eigenvalue weighted by molar-refractivity contribution is -0.136. The first kappa shape index (κ1) is 22.3. The number of nitrogens with one attached hydrogen (secondary N) is 1. The van der Waals surface area contributed by atoms with E-state index >= 15 is 0 Å². The SMILES string of the molecule is O=C(O)Cc1ccc(CNC(=O)c2cc(-c3ccc(OCc4ccccc4)cc3)cs2)cc1. The van der Waals surface area contributed by atoms with Gasteiger partial charge in [0, 0.05) is 6.54 Å². The van der Waals surface area contributed by atoms with Crippen LogP contribution < -0.4 is 10.1 Å². The molecule has 0 aliphatic rings. The first-order chi connectivity index (χ1) is 16.1. The summed E-state index contributed by atoms with van der Waals surface area (Å²) in [6.07, 6.45) is -0.00918. The van der Waals surface area contributed by atoms with Crippen LogP contribution in [-0.2, 0) is 24.4 Å². The highest BCUT2D eigenvalue weighted by molar-refractivity contribution is 7.12. The monoisotopic (exact) mass is 457 g/mol. The van der Waals surface area contributed by atoms with Crippen molar-refractivity contribution < 1.29 is 19.4 Å². The molecule has 0 spiro atoms. The van der Waals surface area contributed by atoms with E-state index in [0.29, 0.717) is 18.0 Å². The average Bonchev–Trinajstić information content (AvgIpc) is 3.33. The summed E-state index contributed by atoms with van der Waals surface area (Å²) in [5, 5.41) is 13.7. The molecule has 0 bridgehead atoms. The van der Waals surface area contributed by atoms with E-state index in [1.54, 1.807) is 12.1 Å². The molecule has 1 aromatic heterocycles. The first-order valence-electron chi connectivity index (χ1n) is 10.5. The van der Waals surface area contributed by atoms with Gasteiger partial charge in [0.15, 0.2) is 0 Å². The molecule has 0 aliphatic carbocycles. The fourth-order valence-electron chi connectivity index (χ4n) is 3.31. The van der Waals surface area contributed by atoms with E-state index in [4.69, 9.17) is 9.84 Å². The molecule has 2 N–H and O–H groups in total. The molecular formula is C27H23NO4S. The number of carboxylic acids is 1. The molecule has 0 radical (unpaired) electrons. The molecule has 0 fully saturated rings. The molecule has 0 atom stereocenters. The quantitative estimate of drug-likeness (QED) is 0.345. The van der Waals surface area contributed by atoms with E-state index in [1.165, 1.54) is 11.3 Å². The third-order valence-electron chi connectivity index (χ3n) is 5.09. The van der Waals surface area contributed by atoms with Crippen LogP contribution >= 0.6 is 11.3 Å². The Bertz CT molecular complexity index is 1220. The zero-order valence-corrected chi connectivity index (χ0v) is 18.7. The molecule has 6 heteroatoms. The van der Waals surface area contributed by atoms with Gasteiger partial charge in [-0.2, -0.15) is 0 Å². The second-order valence-corrected chi connectivity index (χ2v) is 8.48. The normalized spacial score (nSPS) is 10.5. The number of aliphatic carboxylic acids is 1. The van der Waals surface area contributed by atoms with Crippen LogP contribution in [0.25, 0.3) is 11.1 Å². The molecule has 0 saturated heterocycles. The van der Waals surface area contributed by atoms with Gasteiger partial charge in [-0.25, -0.2) is 0 Å². The lowest BCUT2D eigenvalue weighted by Crippen LogP contribution is -2.21. The summed E-state index contributed by atoms with van der Waals surface area (Å²) in [4.78, 5) is 24.0. The van der Waals surface area contributed by atoms with Crippen molar-refractivity contribution in [2.75, 3.05) is 0 Å². The number of amides is 1. The lowest BCUT2D eigenvalue weighted by atomic mass is 10.1. The number of rotatable bonds is 9. The number of benzene rings is 3. The van der Waals surface area contributed by atoms with Gasteiger partial charge in [-0.3, -0.25) is 9.59 Å². The third kappa shape index (κ3) is 6.30. The van der Waals surface area contributed by atoms with Crippen LogP contribution in [0.2, 0.25) is 0 Å². The molecule has 0 unspecified atom stereocenters. The van der Waals surface area contributed by atoms with Crippen LogP contribution in [0.3, 0.4) is 0 Å². The van der Waals surface area contributed by atoms with Crippen LogP contribution in [0.4, 0.5) is 0 Å². The maximum absolute atomic E-state index is 12.6. The number of ether oxygens (including phenoxy) is 1. The number of carboxylic acid groups (broad SMARTS) is 1. The van der Waals surface area contributed by atoms with Crippen LogP contribution in [0.15, 0.2) is 90.3 Å². The fourth-order valence-corrected chi connectivity index (χ4v) is 4.14. The number of hydrogen-bond acceptors (Lipinski definition) is 4. The van der Waals surface area contributed by atoms with Crippen LogP contribution in [0.1, 0.15) is 26.4 Å². The van der Waals surface area contributed by atoms with E-state index in [0.717, 1.165) is 33.6 Å². The summed E-state index contributed by atoms with van der Waals surface area (Å²) >= 11 is 1.40. The molecule has 1 amide bonds. The molecular weight excluding hydrogens is 434 g/mol. The molecule has 166 valence electrons. The second-order valence-electron chi connectivity index (χ2n) is 7.57. The Morgan fingerprint density at radius 3 is 2.21 bits per heavy atom. The molecule has 3 aromatic carbocycles. The van der Waals surface area contributed by atoms with Gasteiger partial charge in [-0.15, -0.1) is 11.3 Å². The minimum Gasteiger partial charge on any atom is -0.489 e. The van der Waals surface area contributed by atoms with Crippen molar-refractivity contribution >= 4 is 23.2 Å². The predicted octanol–water partition coefficient (Wildman–Crippen LogP) is 5.55. The van der Waals surface area contributed by atoms with Crippen molar-refractivity contribution in [3.8, 4) is 16.9 Å². The Morgan fingerprint density at radius 2 is 1.52 bits per heavy atom. The minimum atomic E-state index is -0.862. The molecule has 1 heterocycles. The van der Waals surface area contributed by atoms with Gasteiger partial charge < -0.3 is 15.2 Å². The van der Waals surface area contributed by atoms with Gasteiger partial charge in [0.1, 0.15) is 12.4 Å². The molecule has 5 nitrogen and oxygen atoms in total. The Kier molecular flexibility index (Phi) is 7.17. The van der Waals surface area contributed by atoms with Crippen molar-refractivity contribution in [2.24, 2.45) is 0 Å². The highest BCUT2D eigenvalue weighted by atomic mass is 32.1. The Morgan fingerprint density at radius 1 is 0.818 bits per heavy atom. The summed E-state index contributed by atoms with van der Waals surface area (Å²) in [6.45, 7) is 0.901. The van der Waals surface area contributed by atoms with Gasteiger partial charge in [-0.1, -0.05) is 66.7 Å².